The van der Waals surface area contributed by atoms with E-state index in [1.165, 1.54) is 10.8 Å². The number of halogens is 2. The van der Waals surface area contributed by atoms with Gasteiger partial charge in [-0.2, -0.15) is 0 Å². The second-order valence-electron chi connectivity index (χ2n) is 6.90. The molecule has 1 atom stereocenters. The van der Waals surface area contributed by atoms with Gasteiger partial charge in [-0.1, -0.05) is 65.7 Å². The summed E-state index contributed by atoms with van der Waals surface area (Å²) >= 11 is 12.0. The molecule has 2 aliphatic rings. The van der Waals surface area contributed by atoms with E-state index in [-0.39, 0.29) is 6.10 Å². The molecule has 1 aliphatic carbocycles. The largest absolute Gasteiger partial charge is 0.489 e. The number of allylic oxidation sites excluding steroid dienone is 2. The lowest BCUT2D eigenvalue weighted by Gasteiger charge is -2.23. The van der Waals surface area contributed by atoms with Crippen molar-refractivity contribution in [3.63, 3.8) is 0 Å². The molecule has 0 N–H and O–H groups in total. The highest BCUT2D eigenvalue weighted by molar-refractivity contribution is 6.30. The molecule has 136 valence electrons. The maximum absolute atomic E-state index is 6.03. The van der Waals surface area contributed by atoms with E-state index in [2.05, 4.69) is 36.4 Å². The first-order chi connectivity index (χ1) is 13.7. The summed E-state index contributed by atoms with van der Waals surface area (Å²) in [7, 11) is 0. The highest BCUT2D eigenvalue weighted by atomic mass is 35.5. The minimum Gasteiger partial charge on any atom is -0.489 e. The molecule has 0 aromatic heterocycles. The zero-order chi connectivity index (χ0) is 19.1. The second-order valence-corrected chi connectivity index (χ2v) is 7.78. The molecule has 0 fully saturated rings. The highest BCUT2D eigenvalue weighted by Gasteiger charge is 2.19. The Morgan fingerprint density at radius 2 is 1.36 bits per heavy atom. The summed E-state index contributed by atoms with van der Waals surface area (Å²) in [6.45, 7) is 0. The van der Waals surface area contributed by atoms with Gasteiger partial charge in [-0.15, -0.1) is 0 Å². The predicted octanol–water partition coefficient (Wildman–Crippen LogP) is 5.60. The molecule has 0 spiro atoms. The molecule has 0 amide bonds. The summed E-state index contributed by atoms with van der Waals surface area (Å²) in [5, 5.41) is 3.76. The fraction of sp³-hybridized carbons (Fsp3) is 0.0400. The van der Waals surface area contributed by atoms with Crippen LogP contribution >= 0.6 is 23.2 Å². The van der Waals surface area contributed by atoms with Crippen LogP contribution in [0, 0.1) is 0 Å². The molecule has 3 heteroatoms. The smallest absolute Gasteiger partial charge is 0.142 e. The van der Waals surface area contributed by atoms with E-state index in [9.17, 15) is 0 Å². The molecule has 1 aliphatic heterocycles. The predicted molar refractivity (Wildman–Crippen MR) is 117 cm³/mol. The monoisotopic (exact) mass is 402 g/mol. The van der Waals surface area contributed by atoms with E-state index in [0.29, 0.717) is 0 Å². The summed E-state index contributed by atoms with van der Waals surface area (Å²) in [5.41, 5.74) is 5.74. The van der Waals surface area contributed by atoms with E-state index in [1.54, 1.807) is 0 Å². The Balaban J connectivity index is 1.62. The maximum atomic E-state index is 6.03. The number of ether oxygens (including phenoxy) is 1. The molecule has 0 saturated carbocycles. The van der Waals surface area contributed by atoms with Crippen molar-refractivity contribution in [1.29, 1.82) is 0 Å². The lowest BCUT2D eigenvalue weighted by Crippen LogP contribution is -2.35. The van der Waals surface area contributed by atoms with Gasteiger partial charge in [-0.25, -0.2) is 0 Å². The minimum absolute atomic E-state index is 0.0510. The van der Waals surface area contributed by atoms with Crippen LogP contribution in [0.5, 0.6) is 0 Å². The van der Waals surface area contributed by atoms with Crippen LogP contribution in [0.3, 0.4) is 0 Å². The van der Waals surface area contributed by atoms with Gasteiger partial charge in [0, 0.05) is 20.8 Å². The first-order valence-corrected chi connectivity index (χ1v) is 9.85. The topological polar surface area (TPSA) is 9.23 Å². The fourth-order valence-corrected chi connectivity index (χ4v) is 3.91. The van der Waals surface area contributed by atoms with Gasteiger partial charge in [0.15, 0.2) is 0 Å². The molecule has 3 aromatic carbocycles. The summed E-state index contributed by atoms with van der Waals surface area (Å²) < 4.78 is 5.99. The van der Waals surface area contributed by atoms with Crippen LogP contribution in [0.1, 0.15) is 5.56 Å². The molecule has 1 unspecified atom stereocenters. The number of fused-ring (bicyclic) bond motifs is 2. The third-order valence-corrected chi connectivity index (χ3v) is 5.63. The molecular weight excluding hydrogens is 387 g/mol. The quantitative estimate of drug-likeness (QED) is 0.541. The SMILES string of the molecule is Clc1ccc(C2=CC3=c4ccc(-c5ccc(Cl)cc5)cc4=COC3C=C2)cc1. The first-order valence-electron chi connectivity index (χ1n) is 9.09. The fourth-order valence-electron chi connectivity index (χ4n) is 3.66. The third-order valence-electron chi connectivity index (χ3n) is 5.13. The minimum atomic E-state index is -0.0510. The average Bonchev–Trinajstić information content (AvgIpc) is 2.74. The molecule has 0 saturated heterocycles. The Morgan fingerprint density at radius 3 is 2.07 bits per heavy atom. The molecular formula is C25H16Cl2O. The molecule has 1 nitrogen and oxygen atoms in total. The molecule has 28 heavy (non-hydrogen) atoms. The van der Waals surface area contributed by atoms with Crippen LogP contribution in [0.15, 0.2) is 85.0 Å². The van der Waals surface area contributed by atoms with Crippen molar-refractivity contribution < 1.29 is 4.74 Å². The Kier molecular flexibility index (Phi) is 4.35. The second kappa shape index (κ2) is 7.01. The van der Waals surface area contributed by atoms with Crippen molar-refractivity contribution in [1.82, 2.24) is 0 Å². The number of hydrogen-bond donors (Lipinski definition) is 0. The Morgan fingerprint density at radius 1 is 0.714 bits per heavy atom. The molecule has 0 bridgehead atoms. The summed E-state index contributed by atoms with van der Waals surface area (Å²) in [4.78, 5) is 0. The van der Waals surface area contributed by atoms with Crippen LogP contribution in [0.2, 0.25) is 10.0 Å². The maximum Gasteiger partial charge on any atom is 0.142 e. The van der Waals surface area contributed by atoms with Gasteiger partial charge in [-0.05, 0) is 70.0 Å². The summed E-state index contributed by atoms with van der Waals surface area (Å²) in [5.74, 6) is 0. The van der Waals surface area contributed by atoms with Crippen LogP contribution < -0.4 is 10.4 Å². The van der Waals surface area contributed by atoms with E-state index < -0.39 is 0 Å². The standard InChI is InChI=1S/C25H16Cl2O/c26-21-7-1-16(2-8-21)18-5-11-23-20(13-18)15-28-25-12-6-19(14-24(23)25)17-3-9-22(27)10-4-17/h1-15,25H. The molecule has 1 heterocycles. The van der Waals surface area contributed by atoms with Crippen molar-refractivity contribution in [2.75, 3.05) is 0 Å². The van der Waals surface area contributed by atoms with E-state index in [0.717, 1.165) is 37.5 Å². The van der Waals surface area contributed by atoms with Gasteiger partial charge in [-0.3, -0.25) is 0 Å². The van der Waals surface area contributed by atoms with Gasteiger partial charge in [0.2, 0.25) is 0 Å². The van der Waals surface area contributed by atoms with E-state index in [1.807, 2.05) is 54.8 Å². The van der Waals surface area contributed by atoms with Crippen LogP contribution in [0.4, 0.5) is 0 Å². The normalized spacial score (nSPS) is 17.1. The van der Waals surface area contributed by atoms with E-state index >= 15 is 0 Å². The lowest BCUT2D eigenvalue weighted by atomic mass is 9.91. The van der Waals surface area contributed by atoms with Crippen LogP contribution in [0.25, 0.3) is 28.5 Å². The van der Waals surface area contributed by atoms with Crippen molar-refractivity contribution in [3.8, 4) is 11.1 Å². The molecule has 3 aromatic rings. The number of hydrogen-bond acceptors (Lipinski definition) is 1. The van der Waals surface area contributed by atoms with Gasteiger partial charge < -0.3 is 4.74 Å². The zero-order valence-electron chi connectivity index (χ0n) is 14.9. The average molecular weight is 403 g/mol. The van der Waals surface area contributed by atoms with Crippen molar-refractivity contribution in [2.24, 2.45) is 0 Å². The Labute approximate surface area is 173 Å². The Bertz CT molecular complexity index is 1230. The van der Waals surface area contributed by atoms with E-state index in [4.69, 9.17) is 27.9 Å². The highest BCUT2D eigenvalue weighted by Crippen LogP contribution is 2.28. The van der Waals surface area contributed by atoms with Gasteiger partial charge in [0.25, 0.3) is 0 Å². The lowest BCUT2D eigenvalue weighted by molar-refractivity contribution is 0.275. The summed E-state index contributed by atoms with van der Waals surface area (Å²) in [6.07, 6.45) is 8.23. The van der Waals surface area contributed by atoms with Crippen LogP contribution in [-0.2, 0) is 4.74 Å². The molecule has 5 rings (SSSR count). The van der Waals surface area contributed by atoms with Gasteiger partial charge in [0.05, 0.1) is 6.26 Å². The third kappa shape index (κ3) is 3.17. The summed E-state index contributed by atoms with van der Waals surface area (Å²) in [6, 6.07) is 22.3. The van der Waals surface area contributed by atoms with Gasteiger partial charge >= 0.3 is 0 Å². The zero-order valence-corrected chi connectivity index (χ0v) is 16.4. The number of rotatable bonds is 2. The van der Waals surface area contributed by atoms with Gasteiger partial charge in [0.1, 0.15) is 6.10 Å². The van der Waals surface area contributed by atoms with Crippen LogP contribution in [-0.4, -0.2) is 6.10 Å². The number of benzene rings is 3. The van der Waals surface area contributed by atoms with Crippen molar-refractivity contribution in [2.45, 2.75) is 6.10 Å². The van der Waals surface area contributed by atoms with Crippen molar-refractivity contribution >= 4 is 40.6 Å². The first kappa shape index (κ1) is 17.4. The van der Waals surface area contributed by atoms with Crippen molar-refractivity contribution in [3.05, 3.63) is 111 Å². The Hall–Kier alpha value is -2.74. The molecule has 0 radical (unpaired) electrons.